The van der Waals surface area contributed by atoms with Crippen LogP contribution in [-0.4, -0.2) is 25.1 Å². The van der Waals surface area contributed by atoms with Gasteiger partial charge in [0.2, 0.25) is 0 Å². The summed E-state index contributed by atoms with van der Waals surface area (Å²) in [5.74, 6) is 0.575. The lowest BCUT2D eigenvalue weighted by Crippen LogP contribution is -1.91. The molecule has 3 aromatic rings. The summed E-state index contributed by atoms with van der Waals surface area (Å²) in [6.07, 6.45) is 1.71. The van der Waals surface area contributed by atoms with E-state index in [0.717, 1.165) is 11.4 Å². The first kappa shape index (κ1) is 11.5. The topological polar surface area (TPSA) is 67.3 Å². The fraction of sp³-hybridized carbons (Fsp3) is 0.0769. The number of alkyl halides is 1. The monoisotopic (exact) mass is 255 g/mol. The van der Waals surface area contributed by atoms with Crippen LogP contribution in [0.4, 0.5) is 4.39 Å². The van der Waals surface area contributed by atoms with Gasteiger partial charge in [0, 0.05) is 6.20 Å². The number of hydrogen-bond acceptors (Lipinski definition) is 4. The molecule has 0 saturated heterocycles. The molecule has 3 heterocycles. The van der Waals surface area contributed by atoms with Crippen LogP contribution in [0.1, 0.15) is 5.82 Å². The lowest BCUT2D eigenvalue weighted by molar-refractivity contribution is 0.466. The summed E-state index contributed by atoms with van der Waals surface area (Å²) in [5.41, 5.74) is 2.08. The first-order valence-corrected chi connectivity index (χ1v) is 5.73. The van der Waals surface area contributed by atoms with Crippen LogP contribution in [0.5, 0.6) is 0 Å². The van der Waals surface area contributed by atoms with Crippen molar-refractivity contribution in [2.24, 2.45) is 0 Å². The van der Waals surface area contributed by atoms with Crippen molar-refractivity contribution in [2.75, 3.05) is 0 Å². The lowest BCUT2D eigenvalue weighted by atomic mass is 10.2. The molecule has 94 valence electrons. The summed E-state index contributed by atoms with van der Waals surface area (Å²) in [5, 5.41) is 6.45. The Morgan fingerprint density at radius 1 is 0.947 bits per heavy atom. The van der Waals surface area contributed by atoms with Crippen LogP contribution in [-0.2, 0) is 6.67 Å². The Morgan fingerprint density at radius 2 is 1.79 bits per heavy atom. The van der Waals surface area contributed by atoms with Gasteiger partial charge in [0.25, 0.3) is 0 Å². The zero-order valence-corrected chi connectivity index (χ0v) is 9.92. The van der Waals surface area contributed by atoms with Crippen molar-refractivity contribution in [3.63, 3.8) is 0 Å². The van der Waals surface area contributed by atoms with Gasteiger partial charge in [-0.15, -0.1) is 0 Å². The quantitative estimate of drug-likeness (QED) is 0.780. The summed E-state index contributed by atoms with van der Waals surface area (Å²) >= 11 is 0. The van der Waals surface area contributed by atoms with E-state index >= 15 is 0 Å². The first-order chi connectivity index (χ1) is 9.36. The second-order valence-electron chi connectivity index (χ2n) is 3.86. The molecule has 0 radical (unpaired) electrons. The standard InChI is InChI=1S/C13H10FN5/c14-8-12-17-13(19-18-12)11-6-3-5-10(16-11)9-4-1-2-7-15-9/h1-7H,8H2,(H,17,18,19). The number of H-pyrrole nitrogens is 1. The van der Waals surface area contributed by atoms with E-state index in [4.69, 9.17) is 0 Å². The highest BCUT2D eigenvalue weighted by Gasteiger charge is 2.08. The molecule has 0 amide bonds. The molecule has 0 aromatic carbocycles. The predicted octanol–water partition coefficient (Wildman–Crippen LogP) is 2.40. The van der Waals surface area contributed by atoms with E-state index in [-0.39, 0.29) is 5.82 Å². The largest absolute Gasteiger partial charge is 0.260 e. The van der Waals surface area contributed by atoms with Gasteiger partial charge in [0.15, 0.2) is 11.6 Å². The van der Waals surface area contributed by atoms with E-state index in [1.165, 1.54) is 0 Å². The maximum absolute atomic E-state index is 12.4. The maximum Gasteiger partial charge on any atom is 0.199 e. The van der Waals surface area contributed by atoms with Crippen LogP contribution in [0.3, 0.4) is 0 Å². The molecule has 0 unspecified atom stereocenters. The van der Waals surface area contributed by atoms with Crippen molar-refractivity contribution in [2.45, 2.75) is 6.67 Å². The van der Waals surface area contributed by atoms with Crippen LogP contribution in [0, 0.1) is 0 Å². The normalized spacial score (nSPS) is 10.6. The Kier molecular flexibility index (Phi) is 2.97. The minimum atomic E-state index is -0.674. The number of pyridine rings is 2. The fourth-order valence-corrected chi connectivity index (χ4v) is 1.69. The van der Waals surface area contributed by atoms with Gasteiger partial charge in [-0.05, 0) is 24.3 Å². The molecule has 5 nitrogen and oxygen atoms in total. The van der Waals surface area contributed by atoms with E-state index in [0.29, 0.717) is 11.5 Å². The van der Waals surface area contributed by atoms with Crippen molar-refractivity contribution in [1.29, 1.82) is 0 Å². The van der Waals surface area contributed by atoms with Gasteiger partial charge in [-0.25, -0.2) is 14.4 Å². The number of halogens is 1. The highest BCUT2D eigenvalue weighted by atomic mass is 19.1. The summed E-state index contributed by atoms with van der Waals surface area (Å²) < 4.78 is 12.4. The molecule has 0 atom stereocenters. The smallest absolute Gasteiger partial charge is 0.199 e. The lowest BCUT2D eigenvalue weighted by Gasteiger charge is -2.01. The van der Waals surface area contributed by atoms with Crippen molar-refractivity contribution < 1.29 is 4.39 Å². The Morgan fingerprint density at radius 3 is 2.53 bits per heavy atom. The molecule has 0 aliphatic rings. The third-order valence-electron chi connectivity index (χ3n) is 2.56. The van der Waals surface area contributed by atoms with Crippen LogP contribution < -0.4 is 0 Å². The molecule has 0 fully saturated rings. The number of aromatic amines is 1. The molecule has 0 aliphatic carbocycles. The Balaban J connectivity index is 2.00. The van der Waals surface area contributed by atoms with Crippen molar-refractivity contribution >= 4 is 0 Å². The number of hydrogen-bond donors (Lipinski definition) is 1. The van der Waals surface area contributed by atoms with Crippen LogP contribution >= 0.6 is 0 Å². The number of rotatable bonds is 3. The molecule has 19 heavy (non-hydrogen) atoms. The van der Waals surface area contributed by atoms with E-state index in [1.807, 2.05) is 30.3 Å². The van der Waals surface area contributed by atoms with Gasteiger partial charge < -0.3 is 0 Å². The van der Waals surface area contributed by atoms with Crippen molar-refractivity contribution in [3.8, 4) is 22.9 Å². The third kappa shape index (κ3) is 2.33. The molecular weight excluding hydrogens is 245 g/mol. The van der Waals surface area contributed by atoms with Gasteiger partial charge in [0.1, 0.15) is 12.4 Å². The molecule has 3 aromatic heterocycles. The zero-order valence-electron chi connectivity index (χ0n) is 9.92. The van der Waals surface area contributed by atoms with Gasteiger partial charge in [0.05, 0.1) is 11.4 Å². The third-order valence-corrected chi connectivity index (χ3v) is 2.56. The van der Waals surface area contributed by atoms with Gasteiger partial charge in [-0.2, -0.15) is 5.10 Å². The molecule has 0 saturated carbocycles. The Labute approximate surface area is 108 Å². The first-order valence-electron chi connectivity index (χ1n) is 5.73. The molecule has 0 aliphatic heterocycles. The van der Waals surface area contributed by atoms with Gasteiger partial charge >= 0.3 is 0 Å². The van der Waals surface area contributed by atoms with E-state index < -0.39 is 6.67 Å². The maximum atomic E-state index is 12.4. The van der Waals surface area contributed by atoms with Crippen LogP contribution in [0.15, 0.2) is 42.6 Å². The highest BCUT2D eigenvalue weighted by Crippen LogP contribution is 2.18. The number of aromatic nitrogens is 5. The van der Waals surface area contributed by atoms with E-state index in [2.05, 4.69) is 25.1 Å². The molecule has 6 heteroatoms. The van der Waals surface area contributed by atoms with Crippen LogP contribution in [0.25, 0.3) is 22.9 Å². The molecule has 0 bridgehead atoms. The van der Waals surface area contributed by atoms with Crippen molar-refractivity contribution in [1.82, 2.24) is 25.1 Å². The average molecular weight is 255 g/mol. The van der Waals surface area contributed by atoms with E-state index in [9.17, 15) is 4.39 Å². The SMILES string of the molecule is FCc1nc(-c2cccc(-c3ccccn3)n2)n[nH]1. The highest BCUT2D eigenvalue weighted by molar-refractivity contribution is 5.59. The number of nitrogens with zero attached hydrogens (tertiary/aromatic N) is 4. The minimum absolute atomic E-state index is 0.194. The van der Waals surface area contributed by atoms with Gasteiger partial charge in [-0.3, -0.25) is 10.1 Å². The molecule has 0 spiro atoms. The van der Waals surface area contributed by atoms with Gasteiger partial charge in [-0.1, -0.05) is 12.1 Å². The van der Waals surface area contributed by atoms with E-state index in [1.54, 1.807) is 12.3 Å². The average Bonchev–Trinajstić information content (AvgIpc) is 2.97. The molecule has 3 rings (SSSR count). The number of nitrogens with one attached hydrogen (secondary N) is 1. The zero-order chi connectivity index (χ0) is 13.1. The summed E-state index contributed by atoms with van der Waals surface area (Å²) in [6.45, 7) is -0.674. The second kappa shape index (κ2) is 4.93. The summed E-state index contributed by atoms with van der Waals surface area (Å²) in [6, 6.07) is 11.1. The summed E-state index contributed by atoms with van der Waals surface area (Å²) in [4.78, 5) is 12.7. The Bertz CT molecular complexity index is 680. The Hall–Kier alpha value is -2.63. The van der Waals surface area contributed by atoms with Crippen LogP contribution in [0.2, 0.25) is 0 Å². The minimum Gasteiger partial charge on any atom is -0.260 e. The molecule has 1 N–H and O–H groups in total. The second-order valence-corrected chi connectivity index (χ2v) is 3.86. The predicted molar refractivity (Wildman–Crippen MR) is 67.7 cm³/mol. The fourth-order valence-electron chi connectivity index (χ4n) is 1.69. The summed E-state index contributed by atoms with van der Waals surface area (Å²) in [7, 11) is 0. The van der Waals surface area contributed by atoms with Crippen molar-refractivity contribution in [3.05, 3.63) is 48.4 Å². The molecular formula is C13H10FN5.